The molecular weight excluding hydrogens is 310 g/mol. The summed E-state index contributed by atoms with van der Waals surface area (Å²) < 4.78 is 12.0. The minimum atomic E-state index is -0.556. The van der Waals surface area contributed by atoms with Crippen molar-refractivity contribution in [2.75, 3.05) is 20.6 Å². The zero-order valence-corrected chi connectivity index (χ0v) is 14.5. The first-order valence-electron chi connectivity index (χ1n) is 7.17. The number of nitrogens with zero attached hydrogens (tertiary/aromatic N) is 1. The summed E-state index contributed by atoms with van der Waals surface area (Å²) in [5.41, 5.74) is 0.784. The average Bonchev–Trinajstić information content (AvgIpc) is 3.17. The van der Waals surface area contributed by atoms with E-state index in [1.807, 2.05) is 30.3 Å². The number of benzene rings is 1. The van der Waals surface area contributed by atoms with Crippen LogP contribution in [0.3, 0.4) is 0 Å². The van der Waals surface area contributed by atoms with E-state index in [1.165, 1.54) is 0 Å². The van der Waals surface area contributed by atoms with Crippen molar-refractivity contribution in [1.82, 2.24) is 4.90 Å². The lowest BCUT2D eigenvalue weighted by molar-refractivity contribution is 0.138. The van der Waals surface area contributed by atoms with Crippen LogP contribution >= 0.6 is 11.3 Å². The molecule has 3 rings (SSSR count). The lowest BCUT2D eigenvalue weighted by Crippen LogP contribution is -2.36. The normalized spacial score (nSPS) is 14.4. The van der Waals surface area contributed by atoms with Crippen molar-refractivity contribution >= 4 is 32.5 Å². The highest BCUT2D eigenvalue weighted by Crippen LogP contribution is 2.35. The van der Waals surface area contributed by atoms with Gasteiger partial charge in [-0.2, -0.15) is 0 Å². The Morgan fingerprint density at radius 1 is 1.23 bits per heavy atom. The Bertz CT molecular complexity index is 738. The third-order valence-corrected chi connectivity index (χ3v) is 5.37. The third-order valence-electron chi connectivity index (χ3n) is 3.56. The number of hydrogen-bond acceptors (Lipinski definition) is 4. The lowest BCUT2D eigenvalue weighted by atomic mass is 10.2. The maximum Gasteiger partial charge on any atom is 0.175 e. The number of thiophene rings is 1. The first kappa shape index (κ1) is 15.3. The number of hydrogen-bond donors (Lipinski definition) is 0. The highest BCUT2D eigenvalue weighted by molar-refractivity contribution is 7.10. The first-order chi connectivity index (χ1) is 10.6. The predicted molar refractivity (Wildman–Crippen MR) is 91.8 cm³/mol. The van der Waals surface area contributed by atoms with Gasteiger partial charge >= 0.3 is 0 Å². The van der Waals surface area contributed by atoms with Crippen molar-refractivity contribution in [3.05, 3.63) is 52.9 Å². The van der Waals surface area contributed by atoms with Gasteiger partial charge in [0.1, 0.15) is 5.22 Å². The van der Waals surface area contributed by atoms with E-state index in [-0.39, 0.29) is 0 Å². The fourth-order valence-corrected chi connectivity index (χ4v) is 3.62. The standard InChI is InChI=1S/C17H18NO2SSi/c1-18(2)10-9-17(22,15-7-4-12-21-15)20-14-6-3-5-13-8-11-19-16(13)14/h3-8,11-12H,9-10H2,1-2H3. The van der Waals surface area contributed by atoms with Gasteiger partial charge in [0.2, 0.25) is 0 Å². The molecule has 3 aromatic rings. The summed E-state index contributed by atoms with van der Waals surface area (Å²) in [6.45, 7) is 0.912. The Balaban J connectivity index is 1.94. The molecule has 0 fully saturated rings. The third kappa shape index (κ3) is 3.11. The first-order valence-corrected chi connectivity index (χ1v) is 8.55. The Morgan fingerprint density at radius 3 is 2.82 bits per heavy atom. The average molecular weight is 328 g/mol. The zero-order chi connectivity index (χ0) is 15.6. The van der Waals surface area contributed by atoms with E-state index in [0.29, 0.717) is 0 Å². The summed E-state index contributed by atoms with van der Waals surface area (Å²) >= 11 is 1.69. The summed E-state index contributed by atoms with van der Waals surface area (Å²) in [4.78, 5) is 3.30. The molecule has 0 aliphatic carbocycles. The van der Waals surface area contributed by atoms with Crippen LogP contribution in [0, 0.1) is 0 Å². The fourth-order valence-electron chi connectivity index (χ4n) is 2.35. The fraction of sp³-hybridized carbons (Fsp3) is 0.294. The molecule has 2 aromatic heterocycles. The van der Waals surface area contributed by atoms with Gasteiger partial charge < -0.3 is 14.1 Å². The molecule has 0 saturated heterocycles. The Kier molecular flexibility index (Phi) is 4.38. The monoisotopic (exact) mass is 328 g/mol. The molecule has 113 valence electrons. The molecule has 0 spiro atoms. The van der Waals surface area contributed by atoms with Crippen LogP contribution in [0.4, 0.5) is 0 Å². The molecule has 0 amide bonds. The zero-order valence-electron chi connectivity index (χ0n) is 12.7. The quantitative estimate of drug-likeness (QED) is 0.643. The van der Waals surface area contributed by atoms with Crippen LogP contribution in [-0.4, -0.2) is 35.8 Å². The molecule has 0 N–H and O–H groups in total. The summed E-state index contributed by atoms with van der Waals surface area (Å²) in [5.74, 6) is 0.754. The van der Waals surface area contributed by atoms with Crippen LogP contribution in [-0.2, 0) is 5.22 Å². The van der Waals surface area contributed by atoms with Gasteiger partial charge in [0.15, 0.2) is 11.3 Å². The number of para-hydroxylation sites is 1. The molecule has 3 radical (unpaired) electrons. The number of furan rings is 1. The van der Waals surface area contributed by atoms with Crippen molar-refractivity contribution in [3.8, 4) is 5.75 Å². The maximum absolute atomic E-state index is 6.37. The Labute approximate surface area is 137 Å². The highest BCUT2D eigenvalue weighted by atomic mass is 32.1. The molecule has 3 nitrogen and oxygen atoms in total. The Hall–Kier alpha value is -1.56. The second-order valence-corrected chi connectivity index (χ2v) is 7.31. The molecule has 1 aromatic carbocycles. The molecule has 2 heterocycles. The second-order valence-electron chi connectivity index (χ2n) is 5.55. The summed E-state index contributed by atoms with van der Waals surface area (Å²) in [5, 5.41) is 2.56. The molecule has 5 heteroatoms. The van der Waals surface area contributed by atoms with Gasteiger partial charge in [0.25, 0.3) is 0 Å². The number of rotatable bonds is 6. The van der Waals surface area contributed by atoms with Gasteiger partial charge in [-0.25, -0.2) is 0 Å². The van der Waals surface area contributed by atoms with Gasteiger partial charge in [-0.15, -0.1) is 11.3 Å². The number of ether oxygens (including phenoxy) is 1. The highest BCUT2D eigenvalue weighted by Gasteiger charge is 2.31. The second kappa shape index (κ2) is 6.28. The predicted octanol–water partition coefficient (Wildman–Crippen LogP) is 3.85. The van der Waals surface area contributed by atoms with E-state index in [2.05, 4.69) is 40.7 Å². The Morgan fingerprint density at radius 2 is 2.09 bits per heavy atom. The van der Waals surface area contributed by atoms with Crippen LogP contribution < -0.4 is 4.74 Å². The van der Waals surface area contributed by atoms with Crippen LogP contribution in [0.1, 0.15) is 11.3 Å². The summed E-state index contributed by atoms with van der Waals surface area (Å²) in [6.07, 6.45) is 2.52. The number of fused-ring (bicyclic) bond motifs is 1. The van der Waals surface area contributed by atoms with Crippen LogP contribution in [0.25, 0.3) is 11.0 Å². The molecule has 0 saturated carbocycles. The van der Waals surface area contributed by atoms with E-state index < -0.39 is 5.22 Å². The topological polar surface area (TPSA) is 25.6 Å². The van der Waals surface area contributed by atoms with Crippen molar-refractivity contribution in [2.24, 2.45) is 0 Å². The van der Waals surface area contributed by atoms with Crippen LogP contribution in [0.2, 0.25) is 0 Å². The van der Waals surface area contributed by atoms with E-state index >= 15 is 0 Å². The SMILES string of the molecule is CN(C)CCC([Si])(Oc1cccc2ccoc12)c1cccs1. The van der Waals surface area contributed by atoms with E-state index in [0.717, 1.165) is 34.6 Å². The molecule has 0 aliphatic rings. The van der Waals surface area contributed by atoms with Crippen molar-refractivity contribution in [3.63, 3.8) is 0 Å². The summed E-state index contributed by atoms with van der Waals surface area (Å²) in [6, 6.07) is 12.0. The molecular formula is C17H18NO2SSi. The lowest BCUT2D eigenvalue weighted by Gasteiger charge is -2.31. The molecule has 1 atom stereocenters. The van der Waals surface area contributed by atoms with Gasteiger partial charge in [-0.1, -0.05) is 18.2 Å². The van der Waals surface area contributed by atoms with Gasteiger partial charge in [0.05, 0.1) is 16.5 Å². The van der Waals surface area contributed by atoms with E-state index in [1.54, 1.807) is 17.6 Å². The van der Waals surface area contributed by atoms with Gasteiger partial charge in [0, 0.05) is 23.2 Å². The van der Waals surface area contributed by atoms with Crippen molar-refractivity contribution < 1.29 is 9.15 Å². The maximum atomic E-state index is 6.37. The van der Waals surface area contributed by atoms with Gasteiger partial charge in [-0.3, -0.25) is 0 Å². The van der Waals surface area contributed by atoms with Crippen molar-refractivity contribution in [2.45, 2.75) is 11.6 Å². The van der Waals surface area contributed by atoms with E-state index in [9.17, 15) is 0 Å². The molecule has 0 bridgehead atoms. The largest absolute Gasteiger partial charge is 0.483 e. The molecule has 0 aliphatic heterocycles. The van der Waals surface area contributed by atoms with E-state index in [4.69, 9.17) is 9.15 Å². The van der Waals surface area contributed by atoms with Crippen molar-refractivity contribution in [1.29, 1.82) is 0 Å². The minimum absolute atomic E-state index is 0.556. The van der Waals surface area contributed by atoms with Crippen LogP contribution in [0.5, 0.6) is 5.75 Å². The molecule has 22 heavy (non-hydrogen) atoms. The van der Waals surface area contributed by atoms with Gasteiger partial charge in [-0.05, 0) is 37.7 Å². The summed E-state index contributed by atoms with van der Waals surface area (Å²) in [7, 11) is 8.02. The smallest absolute Gasteiger partial charge is 0.175 e. The van der Waals surface area contributed by atoms with Crippen LogP contribution in [0.15, 0.2) is 52.5 Å². The minimum Gasteiger partial charge on any atom is -0.483 e. The molecule has 1 unspecified atom stereocenters.